The fourth-order valence-corrected chi connectivity index (χ4v) is 3.82. The molecule has 0 fully saturated rings. The van der Waals surface area contributed by atoms with Gasteiger partial charge in [0.15, 0.2) is 0 Å². The van der Waals surface area contributed by atoms with Crippen LogP contribution in [0.1, 0.15) is 5.76 Å². The van der Waals surface area contributed by atoms with Crippen LogP contribution in [-0.2, 0) is 20.6 Å². The highest BCUT2D eigenvalue weighted by molar-refractivity contribution is 9.10. The number of aryl methyl sites for hydroxylation is 1. The molecular formula is C19H15BrN4O5. The van der Waals surface area contributed by atoms with E-state index in [1.165, 1.54) is 30.0 Å². The average Bonchev–Trinajstić information content (AvgIpc) is 3.33. The summed E-state index contributed by atoms with van der Waals surface area (Å²) in [7, 11) is 2.98. The molecule has 0 N–H and O–H groups in total. The summed E-state index contributed by atoms with van der Waals surface area (Å²) in [6, 6.07) is 7.88. The first-order valence-electron chi connectivity index (χ1n) is 8.55. The van der Waals surface area contributed by atoms with Gasteiger partial charge in [-0.25, -0.2) is 4.79 Å². The summed E-state index contributed by atoms with van der Waals surface area (Å²) in [5.74, 6) is 0.634. The van der Waals surface area contributed by atoms with E-state index in [0.717, 1.165) is 4.57 Å². The van der Waals surface area contributed by atoms with Crippen LogP contribution in [0.5, 0.6) is 0 Å². The Morgan fingerprint density at radius 1 is 1.17 bits per heavy atom. The molecule has 0 atom stereocenters. The van der Waals surface area contributed by atoms with Gasteiger partial charge in [0.2, 0.25) is 0 Å². The zero-order chi connectivity index (χ0) is 20.9. The molecule has 29 heavy (non-hydrogen) atoms. The fraction of sp³-hybridized carbons (Fsp3) is 0.158. The summed E-state index contributed by atoms with van der Waals surface area (Å²) in [5, 5.41) is 11.6. The molecule has 0 saturated carbocycles. The molecule has 0 aliphatic rings. The lowest BCUT2D eigenvalue weighted by atomic mass is 10.1. The van der Waals surface area contributed by atoms with Crippen LogP contribution in [0.2, 0.25) is 0 Å². The van der Waals surface area contributed by atoms with E-state index < -0.39 is 16.2 Å². The van der Waals surface area contributed by atoms with E-state index in [1.807, 2.05) is 0 Å². The summed E-state index contributed by atoms with van der Waals surface area (Å²) in [6.45, 7) is 0.281. The van der Waals surface area contributed by atoms with Gasteiger partial charge < -0.3 is 8.98 Å². The monoisotopic (exact) mass is 458 g/mol. The molecule has 0 radical (unpaired) electrons. The topological polar surface area (TPSA) is 105 Å². The van der Waals surface area contributed by atoms with Crippen molar-refractivity contribution in [1.29, 1.82) is 0 Å². The second-order valence-electron chi connectivity index (χ2n) is 6.57. The van der Waals surface area contributed by atoms with Gasteiger partial charge >= 0.3 is 5.69 Å². The minimum Gasteiger partial charge on any atom is -0.467 e. The number of furan rings is 1. The number of hydrogen-bond donors (Lipinski definition) is 0. The molecule has 4 aromatic rings. The van der Waals surface area contributed by atoms with E-state index in [4.69, 9.17) is 4.42 Å². The maximum absolute atomic E-state index is 13.0. The third-order valence-electron chi connectivity index (χ3n) is 4.83. The highest BCUT2D eigenvalue weighted by atomic mass is 79.9. The number of nitrogens with zero attached hydrogens (tertiary/aromatic N) is 4. The summed E-state index contributed by atoms with van der Waals surface area (Å²) < 4.78 is 10.2. The fourth-order valence-electron chi connectivity index (χ4n) is 3.38. The lowest BCUT2D eigenvalue weighted by Crippen LogP contribution is -2.36. The van der Waals surface area contributed by atoms with Gasteiger partial charge in [-0.15, -0.1) is 0 Å². The van der Waals surface area contributed by atoms with Crippen LogP contribution in [0.3, 0.4) is 0 Å². The van der Waals surface area contributed by atoms with E-state index in [9.17, 15) is 19.7 Å². The Kier molecular flexibility index (Phi) is 4.50. The first-order chi connectivity index (χ1) is 13.8. The third-order valence-corrected chi connectivity index (χ3v) is 5.53. The van der Waals surface area contributed by atoms with Gasteiger partial charge in [-0.3, -0.25) is 24.0 Å². The molecule has 0 aliphatic heterocycles. The summed E-state index contributed by atoms with van der Waals surface area (Å²) >= 11 is 3.44. The van der Waals surface area contributed by atoms with E-state index in [0.29, 0.717) is 32.4 Å². The summed E-state index contributed by atoms with van der Waals surface area (Å²) in [5.41, 5.74) is 0.318. The maximum Gasteiger partial charge on any atom is 0.330 e. The molecule has 0 saturated heterocycles. The van der Waals surface area contributed by atoms with Crippen LogP contribution in [0.15, 0.2) is 61.3 Å². The van der Waals surface area contributed by atoms with Crippen molar-refractivity contribution in [3.63, 3.8) is 0 Å². The van der Waals surface area contributed by atoms with Crippen LogP contribution in [0.4, 0.5) is 5.69 Å². The van der Waals surface area contributed by atoms with E-state index >= 15 is 0 Å². The second kappa shape index (κ2) is 6.89. The number of hydrogen-bond acceptors (Lipinski definition) is 5. The Morgan fingerprint density at radius 3 is 2.59 bits per heavy atom. The number of nitro benzene ring substituents is 1. The van der Waals surface area contributed by atoms with Crippen molar-refractivity contribution < 1.29 is 9.34 Å². The van der Waals surface area contributed by atoms with Crippen LogP contribution in [0, 0.1) is 10.1 Å². The van der Waals surface area contributed by atoms with Crippen molar-refractivity contribution in [3.05, 3.63) is 84.0 Å². The minimum atomic E-state index is -0.494. The molecule has 0 amide bonds. The Hall–Kier alpha value is -3.40. The van der Waals surface area contributed by atoms with Crippen molar-refractivity contribution >= 4 is 32.5 Å². The number of benzene rings is 1. The molecule has 0 bridgehead atoms. The largest absolute Gasteiger partial charge is 0.467 e. The number of nitro groups is 1. The van der Waals surface area contributed by atoms with Crippen LogP contribution < -0.4 is 11.2 Å². The molecule has 1 aromatic carbocycles. The molecular weight excluding hydrogens is 444 g/mol. The minimum absolute atomic E-state index is 0.108. The predicted octanol–water partition coefficient (Wildman–Crippen LogP) is 3.02. The average molecular weight is 459 g/mol. The molecule has 3 aromatic heterocycles. The molecule has 9 nitrogen and oxygen atoms in total. The Bertz CT molecular complexity index is 1380. The maximum atomic E-state index is 13.0. The molecule has 0 aliphatic carbocycles. The van der Waals surface area contributed by atoms with Gasteiger partial charge in [0, 0.05) is 42.5 Å². The first-order valence-corrected chi connectivity index (χ1v) is 9.34. The third kappa shape index (κ3) is 3.01. The van der Waals surface area contributed by atoms with Gasteiger partial charge in [0.1, 0.15) is 5.76 Å². The van der Waals surface area contributed by atoms with Crippen LogP contribution in [-0.4, -0.2) is 18.6 Å². The quantitative estimate of drug-likeness (QED) is 0.345. The van der Waals surface area contributed by atoms with Crippen molar-refractivity contribution in [2.24, 2.45) is 14.1 Å². The number of aromatic nitrogens is 3. The summed E-state index contributed by atoms with van der Waals surface area (Å²) in [6.07, 6.45) is 3.22. The zero-order valence-electron chi connectivity index (χ0n) is 15.5. The van der Waals surface area contributed by atoms with Crippen LogP contribution in [0.25, 0.3) is 22.2 Å². The van der Waals surface area contributed by atoms with Crippen LogP contribution >= 0.6 is 15.9 Å². The van der Waals surface area contributed by atoms with Gasteiger partial charge in [0.05, 0.1) is 34.3 Å². The van der Waals surface area contributed by atoms with Gasteiger partial charge in [-0.1, -0.05) is 15.9 Å². The smallest absolute Gasteiger partial charge is 0.330 e. The zero-order valence-corrected chi connectivity index (χ0v) is 17.0. The molecule has 3 heterocycles. The first kappa shape index (κ1) is 18.9. The van der Waals surface area contributed by atoms with E-state index in [2.05, 4.69) is 15.9 Å². The Morgan fingerprint density at radius 2 is 1.93 bits per heavy atom. The lowest BCUT2D eigenvalue weighted by molar-refractivity contribution is -0.384. The Labute approximate surface area is 171 Å². The van der Waals surface area contributed by atoms with Crippen molar-refractivity contribution in [2.45, 2.75) is 6.54 Å². The van der Waals surface area contributed by atoms with E-state index in [1.54, 1.807) is 36.0 Å². The van der Waals surface area contributed by atoms with Crippen molar-refractivity contribution in [3.8, 4) is 11.3 Å². The van der Waals surface area contributed by atoms with Gasteiger partial charge in [-0.2, -0.15) is 0 Å². The van der Waals surface area contributed by atoms with Crippen molar-refractivity contribution in [2.75, 3.05) is 0 Å². The predicted molar refractivity (Wildman–Crippen MR) is 110 cm³/mol. The normalized spacial score (nSPS) is 11.3. The van der Waals surface area contributed by atoms with Gasteiger partial charge in [0.25, 0.3) is 11.2 Å². The lowest BCUT2D eigenvalue weighted by Gasteiger charge is -2.10. The van der Waals surface area contributed by atoms with Gasteiger partial charge in [-0.05, 0) is 18.2 Å². The number of halogens is 1. The van der Waals surface area contributed by atoms with E-state index in [-0.39, 0.29) is 12.2 Å². The molecule has 0 unspecified atom stereocenters. The molecule has 148 valence electrons. The molecule has 0 spiro atoms. The number of fused-ring (bicyclic) bond motifs is 1. The Balaban J connectivity index is 2.14. The highest BCUT2D eigenvalue weighted by Gasteiger charge is 2.23. The highest BCUT2D eigenvalue weighted by Crippen LogP contribution is 2.36. The standard InChI is InChI=1S/C19H15BrN4O5/c1-21-15-10-23(9-12-4-3-7-29-12)17(16(15)18(25)22(2)19(21)26)13-8-11(24(27)28)5-6-14(13)20/h3-8,10H,9H2,1-2H3. The molecule has 10 heteroatoms. The van der Waals surface area contributed by atoms with Crippen molar-refractivity contribution in [1.82, 2.24) is 13.7 Å². The molecule has 4 rings (SSSR count). The second-order valence-corrected chi connectivity index (χ2v) is 7.43. The number of non-ortho nitro benzene ring substituents is 1. The number of rotatable bonds is 4. The SMILES string of the molecule is Cn1c(=O)c2c(-c3cc([N+](=O)[O-])ccc3Br)n(Cc3ccco3)cc2n(C)c1=O. The summed E-state index contributed by atoms with van der Waals surface area (Å²) in [4.78, 5) is 36.2.